The van der Waals surface area contributed by atoms with Crippen LogP contribution in [-0.4, -0.2) is 41.0 Å². The lowest BCUT2D eigenvalue weighted by Gasteiger charge is -2.21. The molecule has 0 unspecified atom stereocenters. The normalized spacial score (nSPS) is 20.1. The highest BCUT2D eigenvalue weighted by atomic mass is 16.4. The van der Waals surface area contributed by atoms with E-state index in [1.54, 1.807) is 0 Å². The van der Waals surface area contributed by atoms with Crippen LogP contribution in [0, 0.1) is 0 Å². The first kappa shape index (κ1) is 13.0. The van der Waals surface area contributed by atoms with Gasteiger partial charge in [-0.15, -0.1) is 0 Å². The first-order valence-corrected chi connectivity index (χ1v) is 5.89. The van der Waals surface area contributed by atoms with E-state index in [0.717, 1.165) is 25.7 Å². The minimum Gasteiger partial charge on any atom is -0.480 e. The summed E-state index contributed by atoms with van der Waals surface area (Å²) in [5.41, 5.74) is 5.36. The van der Waals surface area contributed by atoms with Gasteiger partial charge in [-0.3, -0.25) is 4.79 Å². The maximum absolute atomic E-state index is 11.8. The van der Waals surface area contributed by atoms with Gasteiger partial charge in [0.1, 0.15) is 6.04 Å². The standard InChI is InChI=1S/C11H20N2O3/c12-7-3-1-2-6-10(14)13-8-4-5-9(13)11(15)16/h9H,1-8,12H2,(H,15,16)/t9-/m0/s1. The van der Waals surface area contributed by atoms with Gasteiger partial charge in [-0.25, -0.2) is 4.79 Å². The van der Waals surface area contributed by atoms with Gasteiger partial charge in [-0.05, 0) is 32.2 Å². The molecule has 0 saturated carbocycles. The van der Waals surface area contributed by atoms with Gasteiger partial charge in [0.2, 0.25) is 5.91 Å². The number of hydrogen-bond acceptors (Lipinski definition) is 3. The van der Waals surface area contributed by atoms with Crippen LogP contribution in [0.1, 0.15) is 38.5 Å². The second kappa shape index (κ2) is 6.48. The van der Waals surface area contributed by atoms with E-state index < -0.39 is 12.0 Å². The number of nitrogens with two attached hydrogens (primary N) is 1. The SMILES string of the molecule is NCCCCCC(=O)N1CCC[C@H]1C(=O)O. The van der Waals surface area contributed by atoms with Crippen molar-refractivity contribution >= 4 is 11.9 Å². The third-order valence-corrected chi connectivity index (χ3v) is 2.95. The second-order valence-corrected chi connectivity index (χ2v) is 4.18. The van der Waals surface area contributed by atoms with Crippen LogP contribution in [-0.2, 0) is 9.59 Å². The Morgan fingerprint density at radius 3 is 2.69 bits per heavy atom. The van der Waals surface area contributed by atoms with Gasteiger partial charge in [0, 0.05) is 13.0 Å². The maximum Gasteiger partial charge on any atom is 0.326 e. The van der Waals surface area contributed by atoms with Crippen LogP contribution in [0.4, 0.5) is 0 Å². The molecule has 0 aromatic heterocycles. The zero-order chi connectivity index (χ0) is 12.0. The number of carboxylic acids is 1. The van der Waals surface area contributed by atoms with Crippen molar-refractivity contribution in [1.82, 2.24) is 4.90 Å². The summed E-state index contributed by atoms with van der Waals surface area (Å²) in [7, 11) is 0. The fraction of sp³-hybridized carbons (Fsp3) is 0.818. The largest absolute Gasteiger partial charge is 0.480 e. The number of amides is 1. The highest BCUT2D eigenvalue weighted by molar-refractivity contribution is 5.84. The molecule has 1 fully saturated rings. The molecule has 1 saturated heterocycles. The maximum atomic E-state index is 11.8. The van der Waals surface area contributed by atoms with Crippen LogP contribution in [0.25, 0.3) is 0 Å². The molecule has 1 heterocycles. The first-order chi connectivity index (χ1) is 7.66. The van der Waals surface area contributed by atoms with Crippen molar-refractivity contribution in [3.8, 4) is 0 Å². The Labute approximate surface area is 95.6 Å². The molecule has 1 aliphatic heterocycles. The fourth-order valence-electron chi connectivity index (χ4n) is 2.06. The number of carboxylic acid groups (broad SMARTS) is 1. The molecule has 1 atom stereocenters. The van der Waals surface area contributed by atoms with E-state index in [1.807, 2.05) is 0 Å². The third-order valence-electron chi connectivity index (χ3n) is 2.95. The number of aliphatic carboxylic acids is 1. The zero-order valence-corrected chi connectivity index (χ0v) is 9.52. The van der Waals surface area contributed by atoms with E-state index in [-0.39, 0.29) is 5.91 Å². The van der Waals surface area contributed by atoms with Gasteiger partial charge in [-0.2, -0.15) is 0 Å². The Kier molecular flexibility index (Phi) is 5.25. The van der Waals surface area contributed by atoms with Gasteiger partial charge >= 0.3 is 5.97 Å². The monoisotopic (exact) mass is 228 g/mol. The Bertz CT molecular complexity index is 256. The average molecular weight is 228 g/mol. The lowest BCUT2D eigenvalue weighted by molar-refractivity contribution is -0.148. The smallest absolute Gasteiger partial charge is 0.326 e. The third kappa shape index (κ3) is 3.48. The van der Waals surface area contributed by atoms with Crippen molar-refractivity contribution in [2.24, 2.45) is 5.73 Å². The molecule has 0 bridgehead atoms. The summed E-state index contributed by atoms with van der Waals surface area (Å²) in [6.07, 6.45) is 4.50. The average Bonchev–Trinajstić information content (AvgIpc) is 2.73. The Morgan fingerprint density at radius 1 is 1.31 bits per heavy atom. The molecule has 5 heteroatoms. The Morgan fingerprint density at radius 2 is 2.06 bits per heavy atom. The van der Waals surface area contributed by atoms with Gasteiger partial charge in [-0.1, -0.05) is 6.42 Å². The van der Waals surface area contributed by atoms with Gasteiger partial charge in [0.15, 0.2) is 0 Å². The van der Waals surface area contributed by atoms with Crippen LogP contribution in [0.15, 0.2) is 0 Å². The van der Waals surface area contributed by atoms with Crippen molar-refractivity contribution in [2.45, 2.75) is 44.6 Å². The predicted molar refractivity (Wildman–Crippen MR) is 59.9 cm³/mol. The fourth-order valence-corrected chi connectivity index (χ4v) is 2.06. The summed E-state index contributed by atoms with van der Waals surface area (Å²) in [6.45, 7) is 1.24. The van der Waals surface area contributed by atoms with Crippen LogP contribution in [0.5, 0.6) is 0 Å². The number of carbonyl (C=O) groups is 2. The minimum absolute atomic E-state index is 0.0260. The van der Waals surface area contributed by atoms with E-state index in [0.29, 0.717) is 25.9 Å². The number of rotatable bonds is 6. The summed E-state index contributed by atoms with van der Waals surface area (Å²) >= 11 is 0. The first-order valence-electron chi connectivity index (χ1n) is 5.89. The van der Waals surface area contributed by atoms with E-state index in [1.165, 1.54) is 4.90 Å². The summed E-state index contributed by atoms with van der Waals surface area (Å²) in [5, 5.41) is 8.93. The van der Waals surface area contributed by atoms with Crippen molar-refractivity contribution in [3.63, 3.8) is 0 Å². The van der Waals surface area contributed by atoms with E-state index in [4.69, 9.17) is 10.8 Å². The van der Waals surface area contributed by atoms with E-state index in [9.17, 15) is 9.59 Å². The highest BCUT2D eigenvalue weighted by Crippen LogP contribution is 2.19. The minimum atomic E-state index is -0.882. The topological polar surface area (TPSA) is 83.6 Å². The van der Waals surface area contributed by atoms with Crippen molar-refractivity contribution in [2.75, 3.05) is 13.1 Å². The van der Waals surface area contributed by atoms with E-state index in [2.05, 4.69) is 0 Å². The summed E-state index contributed by atoms with van der Waals surface area (Å²) < 4.78 is 0. The summed E-state index contributed by atoms with van der Waals surface area (Å²) in [4.78, 5) is 24.1. The van der Waals surface area contributed by atoms with Gasteiger partial charge < -0.3 is 15.7 Å². The van der Waals surface area contributed by atoms with Crippen LogP contribution < -0.4 is 5.73 Å². The molecule has 0 aromatic rings. The predicted octanol–water partition coefficient (Wildman–Crippen LogP) is 0.581. The molecule has 16 heavy (non-hydrogen) atoms. The molecule has 3 N–H and O–H groups in total. The van der Waals surface area contributed by atoms with Crippen LogP contribution in [0.3, 0.4) is 0 Å². The quantitative estimate of drug-likeness (QED) is 0.651. The van der Waals surface area contributed by atoms with Crippen LogP contribution in [0.2, 0.25) is 0 Å². The summed E-state index contributed by atoms with van der Waals surface area (Å²) in [6, 6.07) is -0.595. The highest BCUT2D eigenvalue weighted by Gasteiger charge is 2.33. The molecular formula is C11H20N2O3. The number of hydrogen-bond donors (Lipinski definition) is 2. The molecule has 0 spiro atoms. The molecule has 0 aliphatic carbocycles. The van der Waals surface area contributed by atoms with Crippen molar-refractivity contribution in [1.29, 1.82) is 0 Å². The Balaban J connectivity index is 2.32. The molecule has 1 amide bonds. The number of unbranched alkanes of at least 4 members (excludes halogenated alkanes) is 2. The van der Waals surface area contributed by atoms with Gasteiger partial charge in [0.25, 0.3) is 0 Å². The van der Waals surface area contributed by atoms with Gasteiger partial charge in [0.05, 0.1) is 0 Å². The van der Waals surface area contributed by atoms with E-state index >= 15 is 0 Å². The lowest BCUT2D eigenvalue weighted by atomic mass is 10.1. The molecular weight excluding hydrogens is 208 g/mol. The molecule has 0 aromatic carbocycles. The van der Waals surface area contributed by atoms with Crippen molar-refractivity contribution in [3.05, 3.63) is 0 Å². The molecule has 1 rings (SSSR count). The lowest BCUT2D eigenvalue weighted by Crippen LogP contribution is -2.40. The second-order valence-electron chi connectivity index (χ2n) is 4.18. The van der Waals surface area contributed by atoms with Crippen LogP contribution >= 0.6 is 0 Å². The number of likely N-dealkylation sites (tertiary alicyclic amines) is 1. The molecule has 0 radical (unpaired) electrons. The number of nitrogens with zero attached hydrogens (tertiary/aromatic N) is 1. The zero-order valence-electron chi connectivity index (χ0n) is 9.52. The molecule has 92 valence electrons. The molecule has 5 nitrogen and oxygen atoms in total. The molecule has 1 aliphatic rings. The number of carbonyl (C=O) groups excluding carboxylic acids is 1. The van der Waals surface area contributed by atoms with Crippen molar-refractivity contribution < 1.29 is 14.7 Å². The summed E-state index contributed by atoms with van der Waals surface area (Å²) in [5.74, 6) is -0.908. The Hall–Kier alpha value is -1.10.